The van der Waals surface area contributed by atoms with Crippen LogP contribution < -0.4 is 38.5 Å². The van der Waals surface area contributed by atoms with Gasteiger partial charge in [-0.2, -0.15) is 0 Å². The highest BCUT2D eigenvalue weighted by Crippen LogP contribution is 2.21. The second-order valence-corrected chi connectivity index (χ2v) is 12.4. The number of carboxylic acids is 1. The van der Waals surface area contributed by atoms with Crippen LogP contribution in [-0.2, 0) is 44.8 Å². The Morgan fingerprint density at radius 2 is 1.47 bits per heavy atom. The smallest absolute Gasteiger partial charge is 0.326 e. The molecule has 13 N–H and O–H groups in total. The lowest BCUT2D eigenvalue weighted by atomic mass is 9.98. The van der Waals surface area contributed by atoms with Gasteiger partial charge in [-0.1, -0.05) is 32.4 Å². The predicted octanol–water partition coefficient (Wildman–Crippen LogP) is -3.54. The van der Waals surface area contributed by atoms with Crippen molar-refractivity contribution in [3.63, 3.8) is 0 Å². The second-order valence-electron chi connectivity index (χ2n) is 12.4. The minimum Gasteiger partial charge on any atom is -0.508 e. The molecule has 0 bridgehead atoms. The van der Waals surface area contributed by atoms with Crippen molar-refractivity contribution in [2.75, 3.05) is 13.2 Å². The van der Waals surface area contributed by atoms with Crippen LogP contribution in [0.25, 0.3) is 0 Å². The highest BCUT2D eigenvalue weighted by atomic mass is 16.4. The normalized spacial score (nSPS) is 17.5. The summed E-state index contributed by atoms with van der Waals surface area (Å²) in [6.07, 6.45) is -0.581. The Labute approximate surface area is 294 Å². The monoisotopic (exact) mass is 720 g/mol. The number of aliphatic hydroxyl groups excluding tert-OH is 1. The van der Waals surface area contributed by atoms with Crippen molar-refractivity contribution in [2.24, 2.45) is 23.1 Å². The van der Waals surface area contributed by atoms with Crippen molar-refractivity contribution in [3.8, 4) is 5.75 Å². The lowest BCUT2D eigenvalue weighted by molar-refractivity contribution is -0.146. The topological polar surface area (TPSA) is 327 Å². The van der Waals surface area contributed by atoms with E-state index in [2.05, 4.69) is 21.3 Å². The number of primary amides is 2. The van der Waals surface area contributed by atoms with Crippen molar-refractivity contribution in [1.29, 1.82) is 0 Å². The van der Waals surface area contributed by atoms with Crippen LogP contribution in [0.4, 0.5) is 0 Å². The van der Waals surface area contributed by atoms with Crippen molar-refractivity contribution in [3.05, 3.63) is 29.8 Å². The van der Waals surface area contributed by atoms with Crippen LogP contribution in [0.5, 0.6) is 5.75 Å². The van der Waals surface area contributed by atoms with E-state index < -0.39 is 103 Å². The molecule has 0 spiro atoms. The molecule has 1 aromatic rings. The van der Waals surface area contributed by atoms with Crippen molar-refractivity contribution in [1.82, 2.24) is 26.2 Å². The van der Waals surface area contributed by atoms with Gasteiger partial charge < -0.3 is 58.7 Å². The molecular weight excluding hydrogens is 672 g/mol. The van der Waals surface area contributed by atoms with Gasteiger partial charge in [0, 0.05) is 19.4 Å². The number of nitrogens with two attached hydrogens (primary N) is 3. The van der Waals surface area contributed by atoms with Gasteiger partial charge in [0.15, 0.2) is 0 Å². The number of hydrogen-bond donors (Lipinski definition) is 10. The zero-order valence-electron chi connectivity index (χ0n) is 28.5. The molecule has 1 heterocycles. The zero-order chi connectivity index (χ0) is 38.4. The summed E-state index contributed by atoms with van der Waals surface area (Å²) in [5, 5.41) is 38.2. The van der Waals surface area contributed by atoms with E-state index in [1.165, 1.54) is 29.2 Å². The van der Waals surface area contributed by atoms with E-state index in [0.717, 1.165) is 0 Å². The fourth-order valence-corrected chi connectivity index (χ4v) is 5.38. The van der Waals surface area contributed by atoms with Crippen LogP contribution in [0.1, 0.15) is 57.9 Å². The van der Waals surface area contributed by atoms with Crippen LogP contribution in [0.2, 0.25) is 0 Å². The van der Waals surface area contributed by atoms with E-state index in [1.807, 2.05) is 0 Å². The summed E-state index contributed by atoms with van der Waals surface area (Å²) in [5.41, 5.74) is 16.5. The molecule has 51 heavy (non-hydrogen) atoms. The minimum atomic E-state index is -1.70. The summed E-state index contributed by atoms with van der Waals surface area (Å²) < 4.78 is 0. The van der Waals surface area contributed by atoms with Gasteiger partial charge in [-0.25, -0.2) is 4.79 Å². The van der Waals surface area contributed by atoms with E-state index in [9.17, 15) is 53.7 Å². The van der Waals surface area contributed by atoms with E-state index in [0.29, 0.717) is 18.4 Å². The molecule has 1 aliphatic rings. The number of carboxylic acid groups (broad SMARTS) is 1. The summed E-state index contributed by atoms with van der Waals surface area (Å²) >= 11 is 0. The van der Waals surface area contributed by atoms with Crippen LogP contribution in [0, 0.1) is 5.92 Å². The quantitative estimate of drug-likeness (QED) is 0.0626. The molecule has 7 atom stereocenters. The Hall–Kier alpha value is -5.30. The molecule has 1 fully saturated rings. The number of likely N-dealkylation sites (tertiary alicyclic amines) is 1. The fraction of sp³-hybridized carbons (Fsp3) is 0.562. The number of nitrogens with one attached hydrogen (secondary N) is 4. The maximum atomic E-state index is 14.1. The Kier molecular flexibility index (Phi) is 16.2. The Morgan fingerprint density at radius 1 is 0.882 bits per heavy atom. The standard InChI is InChI=1S/C32H48N8O11/c1-3-16(2)26(32(50)51)39-30(48)23-5-4-12-40(23)31(49)22(13-17-6-8-18(42)9-7-17)38-29(47)21(14-25(35)44)37-28(46)20(10-11-24(34)43)36-27(45)19(33)15-41/h6-9,16,19-23,26,41-42H,3-5,10-15,33H2,1-2H3,(H2,34,43)(H2,35,44)(H,36,45)(H,37,46)(H,38,47)(H,39,48)(H,50,51). The lowest BCUT2D eigenvalue weighted by Gasteiger charge is -2.31. The molecule has 0 aliphatic carbocycles. The molecule has 19 heteroatoms. The number of rotatable bonds is 20. The highest BCUT2D eigenvalue weighted by Gasteiger charge is 2.40. The summed E-state index contributed by atoms with van der Waals surface area (Å²) in [7, 11) is 0. The van der Waals surface area contributed by atoms with Gasteiger partial charge >= 0.3 is 5.97 Å². The van der Waals surface area contributed by atoms with Gasteiger partial charge in [0.2, 0.25) is 41.4 Å². The second kappa shape index (κ2) is 19.8. The molecule has 1 saturated heterocycles. The summed E-state index contributed by atoms with van der Waals surface area (Å²) in [4.78, 5) is 103. The van der Waals surface area contributed by atoms with E-state index >= 15 is 0 Å². The molecular formula is C32H48N8O11. The van der Waals surface area contributed by atoms with Crippen LogP contribution in [-0.4, -0.2) is 117 Å². The van der Waals surface area contributed by atoms with E-state index in [1.54, 1.807) is 13.8 Å². The molecule has 0 aromatic heterocycles. The first-order chi connectivity index (χ1) is 24.0. The zero-order valence-corrected chi connectivity index (χ0v) is 28.5. The Morgan fingerprint density at radius 3 is 2.02 bits per heavy atom. The third-order valence-corrected chi connectivity index (χ3v) is 8.49. The first kappa shape index (κ1) is 41.9. The lowest BCUT2D eigenvalue weighted by Crippen LogP contribution is -2.60. The molecule has 1 aromatic carbocycles. The number of hydrogen-bond acceptors (Lipinski definition) is 11. The van der Waals surface area contributed by atoms with Crippen molar-refractivity contribution < 1.29 is 53.7 Å². The number of aliphatic hydroxyl groups is 1. The van der Waals surface area contributed by atoms with Gasteiger partial charge in [-0.05, 0) is 42.9 Å². The number of aliphatic carboxylic acids is 1. The first-order valence-corrected chi connectivity index (χ1v) is 16.4. The number of nitrogens with zero attached hydrogens (tertiary/aromatic N) is 1. The number of phenolic OH excluding ortho intramolecular Hbond substituents is 1. The average molecular weight is 721 g/mol. The van der Waals surface area contributed by atoms with Crippen LogP contribution in [0.15, 0.2) is 24.3 Å². The SMILES string of the molecule is CCC(C)C(NC(=O)C1CCCN1C(=O)C(Cc1ccc(O)cc1)NC(=O)C(CC(N)=O)NC(=O)C(CCC(N)=O)NC(=O)C(N)CO)C(=O)O. The Bertz CT molecular complexity index is 1440. The van der Waals surface area contributed by atoms with Crippen LogP contribution >= 0.6 is 0 Å². The molecule has 1 aliphatic heterocycles. The molecule has 7 amide bonds. The fourth-order valence-electron chi connectivity index (χ4n) is 5.38. The molecule has 7 unspecified atom stereocenters. The summed E-state index contributed by atoms with van der Waals surface area (Å²) in [5.74, 6) is -8.01. The third kappa shape index (κ3) is 12.8. The van der Waals surface area contributed by atoms with Gasteiger partial charge in [0.1, 0.15) is 42.0 Å². The number of carbonyl (C=O) groups is 8. The number of phenols is 1. The first-order valence-electron chi connectivity index (χ1n) is 16.4. The number of aromatic hydroxyl groups is 1. The van der Waals surface area contributed by atoms with Crippen molar-refractivity contribution in [2.45, 2.75) is 95.0 Å². The third-order valence-electron chi connectivity index (χ3n) is 8.49. The number of amides is 7. The molecule has 282 valence electrons. The van der Waals surface area contributed by atoms with Gasteiger partial charge in [0.25, 0.3) is 0 Å². The molecule has 19 nitrogen and oxygen atoms in total. The van der Waals surface area contributed by atoms with Gasteiger partial charge in [-0.15, -0.1) is 0 Å². The van der Waals surface area contributed by atoms with Crippen molar-refractivity contribution >= 4 is 47.3 Å². The maximum Gasteiger partial charge on any atom is 0.326 e. The van der Waals surface area contributed by atoms with E-state index in [-0.39, 0.29) is 38.0 Å². The molecule has 0 saturated carbocycles. The predicted molar refractivity (Wildman–Crippen MR) is 179 cm³/mol. The maximum absolute atomic E-state index is 14.1. The Balaban J connectivity index is 2.39. The van der Waals surface area contributed by atoms with Gasteiger partial charge in [0.05, 0.1) is 13.0 Å². The average Bonchev–Trinajstić information content (AvgIpc) is 3.57. The number of benzene rings is 1. The summed E-state index contributed by atoms with van der Waals surface area (Å²) in [6, 6.07) is -2.60. The molecule has 0 radical (unpaired) electrons. The minimum absolute atomic E-state index is 0.0709. The van der Waals surface area contributed by atoms with Crippen LogP contribution in [0.3, 0.4) is 0 Å². The van der Waals surface area contributed by atoms with Gasteiger partial charge in [-0.3, -0.25) is 33.6 Å². The van der Waals surface area contributed by atoms with E-state index in [4.69, 9.17) is 17.2 Å². The number of carbonyl (C=O) groups excluding carboxylic acids is 7. The summed E-state index contributed by atoms with van der Waals surface area (Å²) in [6.45, 7) is 2.76. The molecule has 2 rings (SSSR count). The largest absolute Gasteiger partial charge is 0.508 e. The highest BCUT2D eigenvalue weighted by molar-refractivity contribution is 5.98.